The number of sulfonamides is 1. The van der Waals surface area contributed by atoms with E-state index in [2.05, 4.69) is 11.3 Å². The molecule has 2 aromatic rings. The van der Waals surface area contributed by atoms with Crippen molar-refractivity contribution in [2.45, 2.75) is 11.8 Å². The van der Waals surface area contributed by atoms with E-state index in [0.29, 0.717) is 0 Å². The Morgan fingerprint density at radius 3 is 2.50 bits per heavy atom. The zero-order valence-corrected chi connectivity index (χ0v) is 13.8. The summed E-state index contributed by atoms with van der Waals surface area (Å²) >= 11 is 0. The number of hydrogen-bond acceptors (Lipinski definition) is 4. The minimum Gasteiger partial charge on any atom is -0.458 e. The highest BCUT2D eigenvalue weighted by Crippen LogP contribution is 2.21. The van der Waals surface area contributed by atoms with Crippen molar-refractivity contribution in [3.8, 4) is 0 Å². The van der Waals surface area contributed by atoms with Gasteiger partial charge >= 0.3 is 5.97 Å². The Morgan fingerprint density at radius 1 is 1.25 bits per heavy atom. The molecule has 0 saturated carbocycles. The lowest BCUT2D eigenvalue weighted by Crippen LogP contribution is -2.14. The van der Waals surface area contributed by atoms with Crippen molar-refractivity contribution < 1.29 is 22.3 Å². The molecule has 0 aliphatic heterocycles. The van der Waals surface area contributed by atoms with Crippen LogP contribution in [0, 0.1) is 12.7 Å². The summed E-state index contributed by atoms with van der Waals surface area (Å²) in [6.07, 6.45) is 1.39. The summed E-state index contributed by atoms with van der Waals surface area (Å²) < 4.78 is 45.5. The Kier molecular flexibility index (Phi) is 5.35. The standard InChI is InChI=1S/C17H16FNO4S/c1-3-10-23-17(20)13-6-9-16(15(18)11-13)19-24(21,22)14-7-4-12(2)5-8-14/h3-9,11,19H,1,10H2,2H3. The van der Waals surface area contributed by atoms with Crippen LogP contribution in [0.5, 0.6) is 0 Å². The van der Waals surface area contributed by atoms with Gasteiger partial charge in [-0.25, -0.2) is 17.6 Å². The average molecular weight is 349 g/mol. The molecule has 0 aromatic heterocycles. The normalized spacial score (nSPS) is 10.9. The minimum absolute atomic E-state index is 0.00224. The number of nitrogens with one attached hydrogen (secondary N) is 1. The molecule has 2 aromatic carbocycles. The topological polar surface area (TPSA) is 72.5 Å². The van der Waals surface area contributed by atoms with Crippen molar-refractivity contribution in [3.63, 3.8) is 0 Å². The summed E-state index contributed by atoms with van der Waals surface area (Å²) in [6, 6.07) is 9.51. The lowest BCUT2D eigenvalue weighted by atomic mass is 10.2. The molecule has 126 valence electrons. The Bertz CT molecular complexity index is 861. The summed E-state index contributed by atoms with van der Waals surface area (Å²) in [5.74, 6) is -1.60. The molecule has 5 nitrogen and oxygen atoms in total. The zero-order valence-electron chi connectivity index (χ0n) is 13.0. The average Bonchev–Trinajstić information content (AvgIpc) is 2.54. The smallest absolute Gasteiger partial charge is 0.338 e. The molecule has 0 fully saturated rings. The number of aryl methyl sites for hydroxylation is 1. The molecule has 1 N–H and O–H groups in total. The molecule has 0 amide bonds. The minimum atomic E-state index is -3.92. The first-order valence-corrected chi connectivity index (χ1v) is 8.49. The highest BCUT2D eigenvalue weighted by Gasteiger charge is 2.17. The lowest BCUT2D eigenvalue weighted by molar-refractivity contribution is 0.0549. The number of benzene rings is 2. The Hall–Kier alpha value is -2.67. The fourth-order valence-corrected chi connectivity index (χ4v) is 2.93. The van der Waals surface area contributed by atoms with Crippen LogP contribution in [0.4, 0.5) is 10.1 Å². The number of carbonyl (C=O) groups is 1. The lowest BCUT2D eigenvalue weighted by Gasteiger charge is -2.10. The third-order valence-corrected chi connectivity index (χ3v) is 4.49. The summed E-state index contributed by atoms with van der Waals surface area (Å²) in [5, 5.41) is 0. The maximum absolute atomic E-state index is 14.1. The summed E-state index contributed by atoms with van der Waals surface area (Å²) in [4.78, 5) is 11.6. The van der Waals surface area contributed by atoms with Crippen LogP contribution in [0.2, 0.25) is 0 Å². The SMILES string of the molecule is C=CCOC(=O)c1ccc(NS(=O)(=O)c2ccc(C)cc2)c(F)c1. The Balaban J connectivity index is 2.22. The van der Waals surface area contributed by atoms with E-state index in [1.807, 2.05) is 6.92 Å². The van der Waals surface area contributed by atoms with Crippen molar-refractivity contribution in [2.24, 2.45) is 0 Å². The van der Waals surface area contributed by atoms with Gasteiger partial charge in [-0.2, -0.15) is 0 Å². The van der Waals surface area contributed by atoms with Gasteiger partial charge in [0.1, 0.15) is 12.4 Å². The maximum atomic E-state index is 14.1. The molecule has 0 radical (unpaired) electrons. The van der Waals surface area contributed by atoms with Gasteiger partial charge in [-0.15, -0.1) is 0 Å². The number of hydrogen-bond donors (Lipinski definition) is 1. The predicted octanol–water partition coefficient (Wildman–Crippen LogP) is 3.28. The van der Waals surface area contributed by atoms with Crippen LogP contribution in [-0.2, 0) is 14.8 Å². The van der Waals surface area contributed by atoms with Gasteiger partial charge in [0.05, 0.1) is 16.1 Å². The number of carbonyl (C=O) groups excluding carboxylic acids is 1. The number of rotatable bonds is 6. The molecule has 0 aliphatic rings. The maximum Gasteiger partial charge on any atom is 0.338 e. The van der Waals surface area contributed by atoms with Crippen molar-refractivity contribution in [1.29, 1.82) is 0 Å². The quantitative estimate of drug-likeness (QED) is 0.642. The first-order chi connectivity index (χ1) is 11.3. The molecule has 0 aliphatic carbocycles. The highest BCUT2D eigenvalue weighted by atomic mass is 32.2. The third-order valence-electron chi connectivity index (χ3n) is 3.11. The van der Waals surface area contributed by atoms with Crippen LogP contribution in [0.15, 0.2) is 60.0 Å². The van der Waals surface area contributed by atoms with E-state index in [-0.39, 0.29) is 22.8 Å². The van der Waals surface area contributed by atoms with E-state index >= 15 is 0 Å². The van der Waals surface area contributed by atoms with Gasteiger partial charge in [0, 0.05) is 0 Å². The number of ether oxygens (including phenoxy) is 1. The summed E-state index contributed by atoms with van der Waals surface area (Å²) in [6.45, 7) is 5.23. The van der Waals surface area contributed by atoms with Crippen LogP contribution in [-0.4, -0.2) is 21.0 Å². The molecule has 0 saturated heterocycles. The van der Waals surface area contributed by atoms with E-state index in [0.717, 1.165) is 11.6 Å². The second-order valence-electron chi connectivity index (χ2n) is 5.00. The predicted molar refractivity (Wildman–Crippen MR) is 88.9 cm³/mol. The van der Waals surface area contributed by atoms with Crippen LogP contribution in [0.25, 0.3) is 0 Å². The van der Waals surface area contributed by atoms with E-state index in [1.54, 1.807) is 12.1 Å². The highest BCUT2D eigenvalue weighted by molar-refractivity contribution is 7.92. The van der Waals surface area contributed by atoms with Crippen molar-refractivity contribution in [1.82, 2.24) is 0 Å². The molecule has 0 bridgehead atoms. The van der Waals surface area contributed by atoms with Crippen molar-refractivity contribution in [2.75, 3.05) is 11.3 Å². The summed E-state index contributed by atoms with van der Waals surface area (Å²) in [7, 11) is -3.92. The molecule has 0 atom stereocenters. The van der Waals surface area contributed by atoms with Crippen LogP contribution in [0.3, 0.4) is 0 Å². The van der Waals surface area contributed by atoms with E-state index < -0.39 is 21.8 Å². The molecule has 0 spiro atoms. The van der Waals surface area contributed by atoms with E-state index in [1.165, 1.54) is 30.3 Å². The van der Waals surface area contributed by atoms with E-state index in [9.17, 15) is 17.6 Å². The first-order valence-electron chi connectivity index (χ1n) is 7.00. The van der Waals surface area contributed by atoms with Crippen molar-refractivity contribution in [3.05, 3.63) is 72.1 Å². The van der Waals surface area contributed by atoms with Gasteiger partial charge in [0.15, 0.2) is 0 Å². The number of anilines is 1. The van der Waals surface area contributed by atoms with Gasteiger partial charge in [0.2, 0.25) is 0 Å². The second kappa shape index (κ2) is 7.27. The van der Waals surface area contributed by atoms with Gasteiger partial charge in [-0.3, -0.25) is 4.72 Å². The Morgan fingerprint density at radius 2 is 1.92 bits per heavy atom. The van der Waals surface area contributed by atoms with Gasteiger partial charge < -0.3 is 4.74 Å². The molecule has 2 rings (SSSR count). The third kappa shape index (κ3) is 4.20. The molecule has 7 heteroatoms. The zero-order chi connectivity index (χ0) is 17.7. The van der Waals surface area contributed by atoms with Crippen molar-refractivity contribution >= 4 is 21.7 Å². The molecule has 24 heavy (non-hydrogen) atoms. The van der Waals surface area contributed by atoms with Gasteiger partial charge in [-0.05, 0) is 37.3 Å². The number of halogens is 1. The summed E-state index contributed by atoms with van der Waals surface area (Å²) in [5.41, 5.74) is 0.631. The monoisotopic (exact) mass is 349 g/mol. The van der Waals surface area contributed by atoms with Gasteiger partial charge in [-0.1, -0.05) is 30.4 Å². The van der Waals surface area contributed by atoms with Gasteiger partial charge in [0.25, 0.3) is 10.0 Å². The van der Waals surface area contributed by atoms with Crippen LogP contribution in [0.1, 0.15) is 15.9 Å². The molecule has 0 heterocycles. The van der Waals surface area contributed by atoms with Crippen LogP contribution < -0.4 is 4.72 Å². The molecular weight excluding hydrogens is 333 g/mol. The number of esters is 1. The first kappa shape index (κ1) is 17.7. The largest absolute Gasteiger partial charge is 0.458 e. The second-order valence-corrected chi connectivity index (χ2v) is 6.68. The Labute approximate surface area is 139 Å². The fraction of sp³-hybridized carbons (Fsp3) is 0.118. The molecule has 0 unspecified atom stereocenters. The molecular formula is C17H16FNO4S. The van der Waals surface area contributed by atoms with E-state index in [4.69, 9.17) is 4.74 Å². The van der Waals surface area contributed by atoms with Crippen LogP contribution >= 0.6 is 0 Å². The fourth-order valence-electron chi connectivity index (χ4n) is 1.86.